The lowest BCUT2D eigenvalue weighted by Gasteiger charge is -2.09. The van der Waals surface area contributed by atoms with Crippen molar-refractivity contribution in [1.82, 2.24) is 20.6 Å². The molecule has 0 aliphatic carbocycles. The number of nitrogens with zero attached hydrogens (tertiary/aromatic N) is 2. The number of hydrogen-bond acceptors (Lipinski definition) is 5. The summed E-state index contributed by atoms with van der Waals surface area (Å²) < 4.78 is 39.6. The van der Waals surface area contributed by atoms with Crippen molar-refractivity contribution < 1.29 is 18.0 Å². The summed E-state index contributed by atoms with van der Waals surface area (Å²) >= 11 is 0. The Labute approximate surface area is 165 Å². The minimum Gasteiger partial charge on any atom is -0.382 e. The average molecular weight is 401 g/mol. The lowest BCUT2D eigenvalue weighted by atomic mass is 10.1. The average Bonchev–Trinajstić information content (AvgIpc) is 2.72. The van der Waals surface area contributed by atoms with E-state index in [-0.39, 0.29) is 23.6 Å². The summed E-state index contributed by atoms with van der Waals surface area (Å²) in [6.07, 6.45) is 1.47. The normalized spacial score (nSPS) is 10.8. The first kappa shape index (κ1) is 20.3. The van der Waals surface area contributed by atoms with Gasteiger partial charge in [-0.3, -0.25) is 4.79 Å². The van der Waals surface area contributed by atoms with Gasteiger partial charge in [-0.05, 0) is 29.3 Å². The van der Waals surface area contributed by atoms with Crippen molar-refractivity contribution in [2.75, 3.05) is 12.8 Å². The van der Waals surface area contributed by atoms with Crippen molar-refractivity contribution in [2.24, 2.45) is 0 Å². The highest BCUT2D eigenvalue weighted by atomic mass is 19.2. The molecule has 1 amide bonds. The fourth-order valence-corrected chi connectivity index (χ4v) is 2.72. The highest BCUT2D eigenvalue weighted by Crippen LogP contribution is 2.20. The smallest absolute Gasteiger partial charge is 0.273 e. The summed E-state index contributed by atoms with van der Waals surface area (Å²) in [6, 6.07) is 9.21. The predicted molar refractivity (Wildman–Crippen MR) is 102 cm³/mol. The highest BCUT2D eigenvalue weighted by molar-refractivity contribution is 5.96. The van der Waals surface area contributed by atoms with Gasteiger partial charge in [0.25, 0.3) is 5.91 Å². The largest absolute Gasteiger partial charge is 0.382 e. The summed E-state index contributed by atoms with van der Waals surface area (Å²) in [5.74, 6) is -4.34. The van der Waals surface area contributed by atoms with E-state index in [0.717, 1.165) is 23.3 Å². The van der Waals surface area contributed by atoms with Crippen molar-refractivity contribution in [3.05, 3.63) is 76.9 Å². The zero-order chi connectivity index (χ0) is 21.0. The first-order chi connectivity index (χ1) is 13.9. The molecule has 2 aromatic carbocycles. The number of aromatic nitrogens is 2. The lowest BCUT2D eigenvalue weighted by Crippen LogP contribution is -2.21. The van der Waals surface area contributed by atoms with Crippen LogP contribution in [0.5, 0.6) is 0 Å². The van der Waals surface area contributed by atoms with Crippen LogP contribution in [0.4, 0.5) is 19.0 Å². The topological polar surface area (TPSA) is 92.9 Å². The molecule has 0 unspecified atom stereocenters. The van der Waals surface area contributed by atoms with Gasteiger partial charge in [-0.1, -0.05) is 18.2 Å². The molecule has 0 aliphatic rings. The van der Waals surface area contributed by atoms with Crippen LogP contribution in [-0.4, -0.2) is 22.9 Å². The molecule has 0 aliphatic heterocycles. The van der Waals surface area contributed by atoms with Crippen molar-refractivity contribution in [1.29, 1.82) is 0 Å². The molecule has 0 fully saturated rings. The van der Waals surface area contributed by atoms with Gasteiger partial charge in [-0.2, -0.15) is 0 Å². The molecule has 0 atom stereocenters. The number of nitrogens with two attached hydrogens (primary N) is 1. The fraction of sp³-hybridized carbons (Fsp3) is 0.150. The zero-order valence-corrected chi connectivity index (χ0v) is 15.5. The number of carbonyl (C=O) groups is 1. The molecule has 0 saturated carbocycles. The quantitative estimate of drug-likeness (QED) is 0.553. The van der Waals surface area contributed by atoms with E-state index in [1.807, 2.05) is 18.2 Å². The second-order valence-electron chi connectivity index (χ2n) is 6.25. The van der Waals surface area contributed by atoms with Gasteiger partial charge in [0.15, 0.2) is 29.0 Å². The Morgan fingerprint density at radius 2 is 1.76 bits per heavy atom. The Morgan fingerprint density at radius 3 is 2.45 bits per heavy atom. The Balaban J connectivity index is 1.73. The van der Waals surface area contributed by atoms with Crippen LogP contribution < -0.4 is 16.4 Å². The SMILES string of the molecule is CNC(=O)c1nc(-c2cccc(CNCc3cc(F)c(F)c(F)c3)c2)cnc1N. The third-order valence-corrected chi connectivity index (χ3v) is 4.17. The molecule has 1 heterocycles. The number of hydrogen-bond donors (Lipinski definition) is 3. The Kier molecular flexibility index (Phi) is 6.08. The van der Waals surface area contributed by atoms with Crippen LogP contribution in [0.2, 0.25) is 0 Å². The number of nitrogens with one attached hydrogen (secondary N) is 2. The van der Waals surface area contributed by atoms with Crippen molar-refractivity contribution in [3.63, 3.8) is 0 Å². The van der Waals surface area contributed by atoms with Gasteiger partial charge >= 0.3 is 0 Å². The van der Waals surface area contributed by atoms with E-state index in [2.05, 4.69) is 20.6 Å². The van der Waals surface area contributed by atoms with E-state index in [1.165, 1.54) is 13.2 Å². The minimum absolute atomic E-state index is 0.0321. The van der Waals surface area contributed by atoms with Crippen molar-refractivity contribution >= 4 is 11.7 Å². The number of benzene rings is 2. The van der Waals surface area contributed by atoms with Crippen LogP contribution >= 0.6 is 0 Å². The van der Waals surface area contributed by atoms with Gasteiger partial charge in [0.2, 0.25) is 0 Å². The Hall–Kier alpha value is -3.46. The summed E-state index contributed by atoms with van der Waals surface area (Å²) in [4.78, 5) is 20.1. The van der Waals surface area contributed by atoms with E-state index >= 15 is 0 Å². The second kappa shape index (κ2) is 8.70. The number of anilines is 1. The summed E-state index contributed by atoms with van der Waals surface area (Å²) in [5.41, 5.74) is 8.09. The number of amides is 1. The van der Waals surface area contributed by atoms with E-state index < -0.39 is 23.4 Å². The molecule has 3 rings (SSSR count). The molecule has 6 nitrogen and oxygen atoms in total. The Bertz CT molecular complexity index is 1040. The lowest BCUT2D eigenvalue weighted by molar-refractivity contribution is 0.0959. The van der Waals surface area contributed by atoms with Crippen LogP contribution in [0, 0.1) is 17.5 Å². The van der Waals surface area contributed by atoms with Gasteiger partial charge in [0, 0.05) is 25.7 Å². The predicted octanol–water partition coefficient (Wildman–Crippen LogP) is 2.79. The molecule has 0 spiro atoms. The van der Waals surface area contributed by atoms with Gasteiger partial charge in [-0.25, -0.2) is 23.1 Å². The molecule has 29 heavy (non-hydrogen) atoms. The molecule has 0 saturated heterocycles. The summed E-state index contributed by atoms with van der Waals surface area (Å²) in [6.45, 7) is 0.542. The zero-order valence-electron chi connectivity index (χ0n) is 15.5. The number of nitrogen functional groups attached to an aromatic ring is 1. The van der Waals surface area contributed by atoms with E-state index in [0.29, 0.717) is 12.2 Å². The van der Waals surface area contributed by atoms with Gasteiger partial charge in [0.05, 0.1) is 11.9 Å². The van der Waals surface area contributed by atoms with Gasteiger partial charge in [-0.15, -0.1) is 0 Å². The maximum absolute atomic E-state index is 13.3. The third-order valence-electron chi connectivity index (χ3n) is 4.17. The fourth-order valence-electron chi connectivity index (χ4n) is 2.72. The van der Waals surface area contributed by atoms with Crippen molar-refractivity contribution in [2.45, 2.75) is 13.1 Å². The van der Waals surface area contributed by atoms with Gasteiger partial charge < -0.3 is 16.4 Å². The van der Waals surface area contributed by atoms with Crippen LogP contribution in [0.25, 0.3) is 11.3 Å². The molecular formula is C20H18F3N5O. The standard InChI is InChI=1S/C20H18F3N5O/c1-25-20(29)18-19(24)27-10-16(28-18)13-4-2-3-11(5-13)8-26-9-12-6-14(21)17(23)15(22)7-12/h2-7,10,26H,8-9H2,1H3,(H2,24,27)(H,25,29). The first-order valence-electron chi connectivity index (χ1n) is 8.67. The number of rotatable bonds is 6. The maximum atomic E-state index is 13.3. The first-order valence-corrected chi connectivity index (χ1v) is 8.67. The summed E-state index contributed by atoms with van der Waals surface area (Å²) in [5, 5.41) is 5.50. The number of carbonyl (C=O) groups excluding carboxylic acids is 1. The second-order valence-corrected chi connectivity index (χ2v) is 6.25. The monoisotopic (exact) mass is 401 g/mol. The Morgan fingerprint density at radius 1 is 1.07 bits per heavy atom. The van der Waals surface area contributed by atoms with Crippen LogP contribution in [0.3, 0.4) is 0 Å². The van der Waals surface area contributed by atoms with Crippen LogP contribution in [0.15, 0.2) is 42.6 Å². The molecule has 0 bridgehead atoms. The van der Waals surface area contributed by atoms with Crippen molar-refractivity contribution in [3.8, 4) is 11.3 Å². The molecule has 9 heteroatoms. The van der Waals surface area contributed by atoms with Crippen LogP contribution in [0.1, 0.15) is 21.6 Å². The molecule has 150 valence electrons. The molecule has 3 aromatic rings. The van der Waals surface area contributed by atoms with Crippen LogP contribution in [-0.2, 0) is 13.1 Å². The van der Waals surface area contributed by atoms with Gasteiger partial charge in [0.1, 0.15) is 0 Å². The van der Waals surface area contributed by atoms with E-state index in [1.54, 1.807) is 6.07 Å². The van der Waals surface area contributed by atoms with E-state index in [9.17, 15) is 18.0 Å². The molecular weight excluding hydrogens is 383 g/mol. The highest BCUT2D eigenvalue weighted by Gasteiger charge is 2.13. The number of halogens is 3. The summed E-state index contributed by atoms with van der Waals surface area (Å²) in [7, 11) is 1.47. The van der Waals surface area contributed by atoms with E-state index in [4.69, 9.17) is 5.73 Å². The minimum atomic E-state index is -1.48. The third kappa shape index (κ3) is 4.69. The maximum Gasteiger partial charge on any atom is 0.273 e. The molecule has 0 radical (unpaired) electrons. The molecule has 1 aromatic heterocycles. The molecule has 4 N–H and O–H groups in total.